The van der Waals surface area contributed by atoms with Gasteiger partial charge in [-0.25, -0.2) is 0 Å². The third-order valence-corrected chi connectivity index (χ3v) is 3.63. The molecule has 1 unspecified atom stereocenters. The fourth-order valence-corrected chi connectivity index (χ4v) is 2.55. The zero-order valence-corrected chi connectivity index (χ0v) is 11.5. The van der Waals surface area contributed by atoms with Crippen LogP contribution in [0.15, 0.2) is 30.5 Å². The largest absolute Gasteiger partial charge is 0.361 e. The Kier molecular flexibility index (Phi) is 4.82. The van der Waals surface area contributed by atoms with Crippen LogP contribution in [0.25, 0.3) is 10.9 Å². The SMILES string of the molecule is CCCC(CC)NCCc1c[nH]c2ccccc12. The van der Waals surface area contributed by atoms with Gasteiger partial charge >= 0.3 is 0 Å². The van der Waals surface area contributed by atoms with Crippen molar-refractivity contribution < 1.29 is 0 Å². The molecular weight excluding hydrogens is 220 g/mol. The molecule has 0 aliphatic heterocycles. The van der Waals surface area contributed by atoms with Gasteiger partial charge in [-0.15, -0.1) is 0 Å². The molecule has 0 radical (unpaired) electrons. The summed E-state index contributed by atoms with van der Waals surface area (Å²) in [5.41, 5.74) is 2.66. The molecule has 98 valence electrons. The Hall–Kier alpha value is -1.28. The van der Waals surface area contributed by atoms with Crippen LogP contribution in [0.1, 0.15) is 38.7 Å². The van der Waals surface area contributed by atoms with E-state index < -0.39 is 0 Å². The average molecular weight is 244 g/mol. The predicted molar refractivity (Wildman–Crippen MR) is 79.0 cm³/mol. The van der Waals surface area contributed by atoms with E-state index in [1.54, 1.807) is 0 Å². The van der Waals surface area contributed by atoms with Gasteiger partial charge < -0.3 is 10.3 Å². The molecule has 1 aromatic heterocycles. The molecule has 1 atom stereocenters. The maximum absolute atomic E-state index is 3.66. The Morgan fingerprint density at radius 3 is 2.83 bits per heavy atom. The summed E-state index contributed by atoms with van der Waals surface area (Å²) in [5.74, 6) is 0. The molecule has 0 bridgehead atoms. The van der Waals surface area contributed by atoms with Crippen molar-refractivity contribution in [1.29, 1.82) is 0 Å². The van der Waals surface area contributed by atoms with E-state index >= 15 is 0 Å². The zero-order chi connectivity index (χ0) is 12.8. The van der Waals surface area contributed by atoms with Gasteiger partial charge in [0.05, 0.1) is 0 Å². The summed E-state index contributed by atoms with van der Waals surface area (Å²) in [7, 11) is 0. The molecule has 0 saturated heterocycles. The van der Waals surface area contributed by atoms with Crippen molar-refractivity contribution >= 4 is 10.9 Å². The predicted octanol–water partition coefficient (Wildman–Crippen LogP) is 3.88. The van der Waals surface area contributed by atoms with Gasteiger partial charge in [0.2, 0.25) is 0 Å². The van der Waals surface area contributed by atoms with Crippen molar-refractivity contribution in [2.75, 3.05) is 6.54 Å². The van der Waals surface area contributed by atoms with Crippen LogP contribution >= 0.6 is 0 Å². The third-order valence-electron chi connectivity index (χ3n) is 3.63. The molecule has 0 saturated carbocycles. The van der Waals surface area contributed by atoms with E-state index in [2.05, 4.69) is 54.6 Å². The third kappa shape index (κ3) is 3.14. The van der Waals surface area contributed by atoms with Crippen molar-refractivity contribution in [2.45, 2.75) is 45.6 Å². The second kappa shape index (κ2) is 6.60. The van der Waals surface area contributed by atoms with Gasteiger partial charge in [-0.2, -0.15) is 0 Å². The molecule has 0 fully saturated rings. The van der Waals surface area contributed by atoms with Gasteiger partial charge in [-0.3, -0.25) is 0 Å². The van der Waals surface area contributed by atoms with Crippen LogP contribution in [0.5, 0.6) is 0 Å². The zero-order valence-electron chi connectivity index (χ0n) is 11.5. The van der Waals surface area contributed by atoms with Crippen LogP contribution in [0.4, 0.5) is 0 Å². The van der Waals surface area contributed by atoms with Gasteiger partial charge in [-0.1, -0.05) is 38.5 Å². The summed E-state index contributed by atoms with van der Waals surface area (Å²) in [6.07, 6.45) is 7.02. The first-order valence-electron chi connectivity index (χ1n) is 7.13. The van der Waals surface area contributed by atoms with E-state index in [1.807, 2.05) is 0 Å². The van der Waals surface area contributed by atoms with E-state index in [1.165, 1.54) is 35.7 Å². The first-order valence-corrected chi connectivity index (χ1v) is 7.13. The van der Waals surface area contributed by atoms with Crippen molar-refractivity contribution in [1.82, 2.24) is 10.3 Å². The molecule has 1 aromatic carbocycles. The molecular formula is C16H24N2. The van der Waals surface area contributed by atoms with Gasteiger partial charge in [0.15, 0.2) is 0 Å². The Labute approximate surface area is 110 Å². The number of rotatable bonds is 7. The van der Waals surface area contributed by atoms with Gasteiger partial charge in [0.1, 0.15) is 0 Å². The van der Waals surface area contributed by atoms with Crippen molar-refractivity contribution in [3.8, 4) is 0 Å². The summed E-state index contributed by atoms with van der Waals surface area (Å²) in [4.78, 5) is 3.34. The lowest BCUT2D eigenvalue weighted by Gasteiger charge is -2.15. The van der Waals surface area contributed by atoms with E-state index in [0.29, 0.717) is 6.04 Å². The molecule has 1 heterocycles. The maximum atomic E-state index is 3.66. The summed E-state index contributed by atoms with van der Waals surface area (Å²) >= 11 is 0. The normalized spacial score (nSPS) is 13.0. The first kappa shape index (κ1) is 13.2. The highest BCUT2D eigenvalue weighted by Gasteiger charge is 2.05. The molecule has 2 N–H and O–H groups in total. The van der Waals surface area contributed by atoms with Crippen LogP contribution in [0.3, 0.4) is 0 Å². The fourth-order valence-electron chi connectivity index (χ4n) is 2.55. The molecule has 2 aromatic rings. The number of fused-ring (bicyclic) bond motifs is 1. The van der Waals surface area contributed by atoms with E-state index in [-0.39, 0.29) is 0 Å². The number of hydrogen-bond acceptors (Lipinski definition) is 1. The molecule has 18 heavy (non-hydrogen) atoms. The van der Waals surface area contributed by atoms with E-state index in [9.17, 15) is 0 Å². The smallest absolute Gasteiger partial charge is 0.0456 e. The van der Waals surface area contributed by atoms with Gasteiger partial charge in [-0.05, 0) is 37.4 Å². The molecule has 0 amide bonds. The number of aromatic nitrogens is 1. The second-order valence-electron chi connectivity index (χ2n) is 4.96. The van der Waals surface area contributed by atoms with Gasteiger partial charge in [0.25, 0.3) is 0 Å². The highest BCUT2D eigenvalue weighted by molar-refractivity contribution is 5.83. The minimum absolute atomic E-state index is 0.681. The lowest BCUT2D eigenvalue weighted by molar-refractivity contribution is 0.467. The van der Waals surface area contributed by atoms with E-state index in [4.69, 9.17) is 0 Å². The number of H-pyrrole nitrogens is 1. The first-order chi connectivity index (χ1) is 8.85. The van der Waals surface area contributed by atoms with E-state index in [0.717, 1.165) is 13.0 Å². The summed E-state index contributed by atoms with van der Waals surface area (Å²) in [6, 6.07) is 9.21. The number of para-hydroxylation sites is 1. The van der Waals surface area contributed by atoms with Crippen LogP contribution in [-0.4, -0.2) is 17.6 Å². The Balaban J connectivity index is 1.90. The monoisotopic (exact) mass is 244 g/mol. The lowest BCUT2D eigenvalue weighted by Crippen LogP contribution is -2.30. The summed E-state index contributed by atoms with van der Waals surface area (Å²) in [5, 5.41) is 5.02. The average Bonchev–Trinajstić information content (AvgIpc) is 2.81. The van der Waals surface area contributed by atoms with Gasteiger partial charge in [0, 0.05) is 23.1 Å². The van der Waals surface area contributed by atoms with Crippen molar-refractivity contribution in [2.24, 2.45) is 0 Å². The number of hydrogen-bond donors (Lipinski definition) is 2. The molecule has 2 heteroatoms. The molecule has 2 rings (SSSR count). The molecule has 0 aliphatic carbocycles. The highest BCUT2D eigenvalue weighted by atomic mass is 14.9. The fraction of sp³-hybridized carbons (Fsp3) is 0.500. The molecule has 0 aliphatic rings. The lowest BCUT2D eigenvalue weighted by atomic mass is 10.1. The molecule has 0 spiro atoms. The maximum Gasteiger partial charge on any atom is 0.0456 e. The van der Waals surface area contributed by atoms with Crippen LogP contribution in [0.2, 0.25) is 0 Å². The minimum atomic E-state index is 0.681. The number of nitrogens with one attached hydrogen (secondary N) is 2. The quantitative estimate of drug-likeness (QED) is 0.760. The summed E-state index contributed by atoms with van der Waals surface area (Å²) < 4.78 is 0. The molecule has 2 nitrogen and oxygen atoms in total. The van der Waals surface area contributed by atoms with Crippen LogP contribution < -0.4 is 5.32 Å². The van der Waals surface area contributed by atoms with Crippen molar-refractivity contribution in [3.63, 3.8) is 0 Å². The van der Waals surface area contributed by atoms with Crippen molar-refractivity contribution in [3.05, 3.63) is 36.0 Å². The number of benzene rings is 1. The standard InChI is InChI=1S/C16H24N2/c1-3-7-14(4-2)17-11-10-13-12-18-16-9-6-5-8-15(13)16/h5-6,8-9,12,14,17-18H,3-4,7,10-11H2,1-2H3. The second-order valence-corrected chi connectivity index (χ2v) is 4.96. The van der Waals surface area contributed by atoms with Crippen LogP contribution in [-0.2, 0) is 6.42 Å². The Bertz CT molecular complexity index is 473. The minimum Gasteiger partial charge on any atom is -0.361 e. The topological polar surface area (TPSA) is 27.8 Å². The van der Waals surface area contributed by atoms with Crippen LogP contribution in [0, 0.1) is 0 Å². The Morgan fingerprint density at radius 1 is 1.22 bits per heavy atom. The Morgan fingerprint density at radius 2 is 2.06 bits per heavy atom. The number of aromatic amines is 1. The summed E-state index contributed by atoms with van der Waals surface area (Å²) in [6.45, 7) is 5.59. The highest BCUT2D eigenvalue weighted by Crippen LogP contribution is 2.17.